The van der Waals surface area contributed by atoms with Crippen molar-refractivity contribution in [2.45, 2.75) is 0 Å². The highest BCUT2D eigenvalue weighted by Crippen LogP contribution is 2.35. The van der Waals surface area contributed by atoms with Gasteiger partial charge in [0.15, 0.2) is 5.82 Å². The molecule has 0 unspecified atom stereocenters. The summed E-state index contributed by atoms with van der Waals surface area (Å²) in [5.74, 6) is -5.65. The van der Waals surface area contributed by atoms with Crippen molar-refractivity contribution in [1.29, 1.82) is 0 Å². The van der Waals surface area contributed by atoms with Gasteiger partial charge in [0.2, 0.25) is 5.82 Å². The molecule has 0 atom stereocenters. The van der Waals surface area contributed by atoms with Crippen LogP contribution >= 0.6 is 0 Å². The number of nitrogens with one attached hydrogen (secondary N) is 1. The van der Waals surface area contributed by atoms with Crippen LogP contribution in [0.15, 0.2) is 6.07 Å². The van der Waals surface area contributed by atoms with E-state index >= 15 is 0 Å². The number of nitro groups is 1. The lowest BCUT2D eigenvalue weighted by molar-refractivity contribution is -0.387. The summed E-state index contributed by atoms with van der Waals surface area (Å²) in [6.07, 6.45) is 0. The van der Waals surface area contributed by atoms with Crippen molar-refractivity contribution < 1.29 is 23.3 Å². The fourth-order valence-electron chi connectivity index (χ4n) is 1.41. The van der Waals surface area contributed by atoms with Gasteiger partial charge in [0, 0.05) is 6.07 Å². The molecule has 1 aromatic rings. The van der Waals surface area contributed by atoms with E-state index in [1.807, 2.05) is 5.32 Å². The van der Waals surface area contributed by atoms with Gasteiger partial charge in [0.1, 0.15) is 5.56 Å². The van der Waals surface area contributed by atoms with Crippen molar-refractivity contribution in [3.63, 3.8) is 0 Å². The van der Waals surface area contributed by atoms with Crippen LogP contribution in [0.4, 0.5) is 20.2 Å². The minimum atomic E-state index is -1.76. The lowest BCUT2D eigenvalue weighted by atomic mass is 10.1. The molecule has 1 heterocycles. The quantitative estimate of drug-likeness (QED) is 0.441. The van der Waals surface area contributed by atoms with E-state index in [1.165, 1.54) is 0 Å². The zero-order chi connectivity index (χ0) is 12.0. The normalized spacial score (nSPS) is 13.6. The number of ketones is 1. The van der Waals surface area contributed by atoms with E-state index in [0.29, 0.717) is 6.07 Å². The number of hydrogen-bond donors (Lipinski definition) is 1. The van der Waals surface area contributed by atoms with Crippen LogP contribution in [0.1, 0.15) is 10.4 Å². The number of halogens is 2. The van der Waals surface area contributed by atoms with Crippen LogP contribution in [0.5, 0.6) is 0 Å². The van der Waals surface area contributed by atoms with Crippen LogP contribution in [0, 0.1) is 21.7 Å². The Hall–Kier alpha value is -2.38. The topological polar surface area (TPSA) is 89.3 Å². The summed E-state index contributed by atoms with van der Waals surface area (Å²) in [4.78, 5) is 31.3. The van der Waals surface area contributed by atoms with Crippen LogP contribution in [0.25, 0.3) is 0 Å². The fraction of sp³-hybridized carbons (Fsp3) is 0. The Morgan fingerprint density at radius 2 is 1.94 bits per heavy atom. The number of benzene rings is 1. The van der Waals surface area contributed by atoms with E-state index in [9.17, 15) is 28.5 Å². The zero-order valence-electron chi connectivity index (χ0n) is 7.41. The van der Waals surface area contributed by atoms with E-state index < -0.39 is 39.5 Å². The van der Waals surface area contributed by atoms with Crippen LogP contribution in [-0.2, 0) is 4.79 Å². The predicted octanol–water partition coefficient (Wildman–Crippen LogP) is 1.01. The Bertz CT molecular complexity index is 555. The minimum Gasteiger partial charge on any atom is -0.318 e. The average Bonchev–Trinajstić information content (AvgIpc) is 2.45. The number of rotatable bonds is 1. The Morgan fingerprint density at radius 1 is 1.31 bits per heavy atom. The van der Waals surface area contributed by atoms with Gasteiger partial charge in [-0.15, -0.1) is 0 Å². The van der Waals surface area contributed by atoms with E-state index in [2.05, 4.69) is 0 Å². The summed E-state index contributed by atoms with van der Waals surface area (Å²) in [6, 6.07) is 0.528. The molecule has 8 heteroatoms. The average molecular weight is 228 g/mol. The number of amides is 1. The van der Waals surface area contributed by atoms with Crippen LogP contribution in [0.2, 0.25) is 0 Å². The molecule has 0 radical (unpaired) electrons. The molecule has 2 rings (SSSR count). The number of nitro benzene ring substituents is 1. The van der Waals surface area contributed by atoms with E-state index in [-0.39, 0.29) is 5.69 Å². The van der Waals surface area contributed by atoms with Crippen molar-refractivity contribution in [3.8, 4) is 0 Å². The molecule has 0 saturated carbocycles. The number of anilines is 1. The highest BCUT2D eigenvalue weighted by Gasteiger charge is 2.39. The Labute approximate surface area is 86.0 Å². The first-order valence-electron chi connectivity index (χ1n) is 3.95. The minimum absolute atomic E-state index is 0.388. The molecule has 16 heavy (non-hydrogen) atoms. The second kappa shape index (κ2) is 3.05. The molecule has 1 amide bonds. The van der Waals surface area contributed by atoms with Crippen molar-refractivity contribution in [2.75, 3.05) is 5.32 Å². The number of nitrogens with zero attached hydrogens (tertiary/aromatic N) is 1. The standard InChI is InChI=1S/C8H2F2N2O4/c9-2-1-3-4(7(13)8(14)11-3)6(5(2)10)12(15)16/h1H,(H,11,13,14). The van der Waals surface area contributed by atoms with E-state index in [0.717, 1.165) is 0 Å². The molecule has 0 aromatic heterocycles. The molecule has 0 bridgehead atoms. The molecule has 1 N–H and O–H groups in total. The number of carbonyl (C=O) groups is 2. The maximum absolute atomic E-state index is 13.1. The lowest BCUT2D eigenvalue weighted by Gasteiger charge is -2.00. The smallest absolute Gasteiger partial charge is 0.318 e. The fourth-order valence-corrected chi connectivity index (χ4v) is 1.41. The van der Waals surface area contributed by atoms with Gasteiger partial charge in [-0.1, -0.05) is 0 Å². The van der Waals surface area contributed by atoms with Crippen molar-refractivity contribution in [3.05, 3.63) is 33.4 Å². The van der Waals surface area contributed by atoms with Crippen LogP contribution < -0.4 is 5.32 Å². The Kier molecular flexibility index (Phi) is 1.94. The molecule has 1 aromatic carbocycles. The Morgan fingerprint density at radius 3 is 2.50 bits per heavy atom. The summed E-state index contributed by atoms with van der Waals surface area (Å²) >= 11 is 0. The van der Waals surface area contributed by atoms with Crippen LogP contribution in [-0.4, -0.2) is 16.6 Å². The Balaban J connectivity index is 2.84. The molecule has 1 aliphatic heterocycles. The highest BCUT2D eigenvalue weighted by atomic mass is 19.2. The maximum atomic E-state index is 13.1. The molecular weight excluding hydrogens is 226 g/mol. The van der Waals surface area contributed by atoms with Crippen LogP contribution in [0.3, 0.4) is 0 Å². The largest absolute Gasteiger partial charge is 0.321 e. The summed E-state index contributed by atoms with van der Waals surface area (Å²) < 4.78 is 26.0. The van der Waals surface area contributed by atoms with Gasteiger partial charge in [0.05, 0.1) is 10.6 Å². The van der Waals surface area contributed by atoms with E-state index in [1.54, 1.807) is 0 Å². The van der Waals surface area contributed by atoms with Gasteiger partial charge in [-0.3, -0.25) is 19.7 Å². The number of carbonyl (C=O) groups excluding carboxylic acids is 2. The first-order valence-corrected chi connectivity index (χ1v) is 3.95. The summed E-state index contributed by atoms with van der Waals surface area (Å²) in [7, 11) is 0. The number of hydrogen-bond acceptors (Lipinski definition) is 4. The van der Waals surface area contributed by atoms with Gasteiger partial charge in [-0.2, -0.15) is 4.39 Å². The number of Topliss-reactive ketones (excluding diaryl/α,β-unsaturated/α-hetero) is 1. The molecule has 82 valence electrons. The van der Waals surface area contributed by atoms with Crippen molar-refractivity contribution in [2.24, 2.45) is 0 Å². The van der Waals surface area contributed by atoms with Gasteiger partial charge < -0.3 is 5.32 Å². The third kappa shape index (κ3) is 1.16. The molecule has 0 spiro atoms. The van der Waals surface area contributed by atoms with Gasteiger partial charge in [0.25, 0.3) is 11.7 Å². The molecule has 0 aliphatic carbocycles. The SMILES string of the molecule is O=C1Nc2cc(F)c(F)c([N+](=O)[O-])c2C1=O. The van der Waals surface area contributed by atoms with Crippen molar-refractivity contribution in [1.82, 2.24) is 0 Å². The first kappa shape index (κ1) is 10.1. The van der Waals surface area contributed by atoms with E-state index in [4.69, 9.17) is 0 Å². The van der Waals surface area contributed by atoms with Gasteiger partial charge >= 0.3 is 5.69 Å². The predicted molar refractivity (Wildman–Crippen MR) is 46.0 cm³/mol. The summed E-state index contributed by atoms with van der Waals surface area (Å²) in [6.45, 7) is 0. The summed E-state index contributed by atoms with van der Waals surface area (Å²) in [5.41, 5.74) is -2.45. The molecule has 0 fully saturated rings. The monoisotopic (exact) mass is 228 g/mol. The first-order chi connectivity index (χ1) is 7.43. The second-order valence-electron chi connectivity index (χ2n) is 2.98. The molecule has 1 aliphatic rings. The van der Waals surface area contributed by atoms with Gasteiger partial charge in [-0.05, 0) is 0 Å². The molecule has 0 saturated heterocycles. The summed E-state index contributed by atoms with van der Waals surface area (Å²) in [5, 5.41) is 12.4. The maximum Gasteiger partial charge on any atom is 0.321 e. The zero-order valence-corrected chi connectivity index (χ0v) is 7.41. The number of fused-ring (bicyclic) bond motifs is 1. The van der Waals surface area contributed by atoms with Gasteiger partial charge in [-0.25, -0.2) is 4.39 Å². The highest BCUT2D eigenvalue weighted by molar-refractivity contribution is 6.52. The molecule has 6 nitrogen and oxygen atoms in total. The lowest BCUT2D eigenvalue weighted by Crippen LogP contribution is -2.13. The third-order valence-corrected chi connectivity index (χ3v) is 2.06. The second-order valence-corrected chi connectivity index (χ2v) is 2.98. The molecular formula is C8H2F2N2O4. The van der Waals surface area contributed by atoms with Crippen molar-refractivity contribution >= 4 is 23.1 Å². The third-order valence-electron chi connectivity index (χ3n) is 2.06.